The number of rotatable bonds is 5. The molecule has 0 aliphatic heterocycles. The van der Waals surface area contributed by atoms with Gasteiger partial charge in [0.25, 0.3) is 0 Å². The third kappa shape index (κ3) is 3.50. The van der Waals surface area contributed by atoms with Crippen LogP contribution in [-0.2, 0) is 12.7 Å². The first kappa shape index (κ1) is 15.3. The fourth-order valence-electron chi connectivity index (χ4n) is 1.91. The molecule has 114 valence electrons. The molecule has 2 rings (SSSR count). The van der Waals surface area contributed by atoms with E-state index >= 15 is 0 Å². The van der Waals surface area contributed by atoms with Crippen molar-refractivity contribution in [1.82, 2.24) is 19.5 Å². The Morgan fingerprint density at radius 1 is 1.24 bits per heavy atom. The van der Waals surface area contributed by atoms with Gasteiger partial charge in [-0.3, -0.25) is 0 Å². The molecular weight excluding hydrogens is 283 g/mol. The summed E-state index contributed by atoms with van der Waals surface area (Å²) in [5.41, 5.74) is -0.818. The lowest BCUT2D eigenvalue weighted by atomic mass is 10.3. The smallest absolute Gasteiger partial charge is 0.354 e. The number of alkyl halides is 3. The van der Waals surface area contributed by atoms with Crippen LogP contribution in [-0.4, -0.2) is 26.1 Å². The molecule has 2 aromatic rings. The highest BCUT2D eigenvalue weighted by Gasteiger charge is 2.34. The summed E-state index contributed by atoms with van der Waals surface area (Å²) >= 11 is 0. The van der Waals surface area contributed by atoms with Crippen LogP contribution >= 0.6 is 0 Å². The second kappa shape index (κ2) is 6.11. The molecule has 0 radical (unpaired) electrons. The van der Waals surface area contributed by atoms with E-state index in [9.17, 15) is 13.2 Å². The van der Waals surface area contributed by atoms with E-state index in [1.54, 1.807) is 23.9 Å². The second-order valence-electron chi connectivity index (χ2n) is 4.43. The second-order valence-corrected chi connectivity index (χ2v) is 4.43. The minimum Gasteiger partial charge on any atom is -0.354 e. The maximum atomic E-state index is 12.9. The van der Waals surface area contributed by atoms with Gasteiger partial charge in [-0.15, -0.1) is 0 Å². The van der Waals surface area contributed by atoms with E-state index < -0.39 is 11.9 Å². The van der Waals surface area contributed by atoms with Crippen LogP contribution in [0.5, 0.6) is 0 Å². The topological polar surface area (TPSA) is 55.6 Å². The molecule has 8 heteroatoms. The molecule has 0 aromatic carbocycles. The van der Waals surface area contributed by atoms with Crippen LogP contribution < -0.4 is 5.32 Å². The quantitative estimate of drug-likeness (QED) is 0.921. The van der Waals surface area contributed by atoms with Crippen molar-refractivity contribution in [2.24, 2.45) is 0 Å². The zero-order valence-corrected chi connectivity index (χ0v) is 11.8. The summed E-state index contributed by atoms with van der Waals surface area (Å²) in [6, 6.07) is 0.926. The van der Waals surface area contributed by atoms with Gasteiger partial charge in [-0.05, 0) is 19.4 Å². The molecular formula is C13H16F3N5. The number of aryl methyl sites for hydroxylation is 1. The van der Waals surface area contributed by atoms with E-state index in [1.165, 1.54) is 0 Å². The van der Waals surface area contributed by atoms with Gasteiger partial charge in [-0.1, -0.05) is 6.92 Å². The van der Waals surface area contributed by atoms with Crippen LogP contribution in [0.1, 0.15) is 26.0 Å². The Kier molecular flexibility index (Phi) is 4.44. The monoisotopic (exact) mass is 299 g/mol. The van der Waals surface area contributed by atoms with E-state index in [2.05, 4.69) is 20.3 Å². The predicted molar refractivity (Wildman–Crippen MR) is 72.7 cm³/mol. The van der Waals surface area contributed by atoms with Crippen LogP contribution in [0.25, 0.3) is 11.5 Å². The molecule has 2 aromatic heterocycles. The SMILES string of the molecule is CCCn1ccnc1-c1cc(C(F)(F)F)nc(NCC)n1. The van der Waals surface area contributed by atoms with Gasteiger partial charge in [-0.2, -0.15) is 13.2 Å². The molecule has 0 saturated carbocycles. The van der Waals surface area contributed by atoms with Gasteiger partial charge in [-0.25, -0.2) is 15.0 Å². The van der Waals surface area contributed by atoms with Crippen molar-refractivity contribution in [1.29, 1.82) is 0 Å². The Labute approximate surface area is 120 Å². The molecule has 5 nitrogen and oxygen atoms in total. The Hall–Kier alpha value is -2.12. The third-order valence-electron chi connectivity index (χ3n) is 2.76. The fourth-order valence-corrected chi connectivity index (χ4v) is 1.91. The van der Waals surface area contributed by atoms with Crippen molar-refractivity contribution in [2.45, 2.75) is 33.0 Å². The van der Waals surface area contributed by atoms with E-state index in [1.807, 2.05) is 6.92 Å². The van der Waals surface area contributed by atoms with Crippen molar-refractivity contribution in [3.8, 4) is 11.5 Å². The average molecular weight is 299 g/mol. The standard InChI is InChI=1S/C13H16F3N5/c1-3-6-21-7-5-18-11(21)9-8-10(13(14,15)16)20-12(19-9)17-4-2/h5,7-8H,3-4,6H2,1-2H3,(H,17,19,20). The first-order valence-electron chi connectivity index (χ1n) is 6.67. The molecule has 0 amide bonds. The number of anilines is 1. The number of halogens is 3. The summed E-state index contributed by atoms with van der Waals surface area (Å²) in [5.74, 6) is 0.359. The molecule has 2 heterocycles. The Morgan fingerprint density at radius 2 is 2.00 bits per heavy atom. The maximum absolute atomic E-state index is 12.9. The summed E-state index contributed by atoms with van der Waals surface area (Å²) in [4.78, 5) is 11.7. The van der Waals surface area contributed by atoms with Gasteiger partial charge < -0.3 is 9.88 Å². The van der Waals surface area contributed by atoms with Crippen LogP contribution in [0.15, 0.2) is 18.5 Å². The van der Waals surface area contributed by atoms with Crippen LogP contribution in [0.4, 0.5) is 19.1 Å². The van der Waals surface area contributed by atoms with Gasteiger partial charge in [0.15, 0.2) is 11.5 Å². The summed E-state index contributed by atoms with van der Waals surface area (Å²) in [6.45, 7) is 4.84. The molecule has 21 heavy (non-hydrogen) atoms. The van der Waals surface area contributed by atoms with E-state index in [0.29, 0.717) is 18.9 Å². The number of nitrogens with one attached hydrogen (secondary N) is 1. The van der Waals surface area contributed by atoms with Crippen molar-refractivity contribution in [3.05, 3.63) is 24.2 Å². The van der Waals surface area contributed by atoms with Gasteiger partial charge in [0.1, 0.15) is 5.69 Å². The predicted octanol–water partition coefficient (Wildman–Crippen LogP) is 3.20. The van der Waals surface area contributed by atoms with Crippen molar-refractivity contribution in [3.63, 3.8) is 0 Å². The number of aromatic nitrogens is 4. The molecule has 0 spiro atoms. The first-order valence-corrected chi connectivity index (χ1v) is 6.67. The summed E-state index contributed by atoms with van der Waals surface area (Å²) in [5, 5.41) is 2.71. The van der Waals surface area contributed by atoms with Crippen LogP contribution in [0.3, 0.4) is 0 Å². The van der Waals surface area contributed by atoms with Gasteiger partial charge in [0.05, 0.1) is 0 Å². The molecule has 0 aliphatic rings. The molecule has 0 aliphatic carbocycles. The maximum Gasteiger partial charge on any atom is 0.433 e. The summed E-state index contributed by atoms with van der Waals surface area (Å²) in [7, 11) is 0. The minimum atomic E-state index is -4.52. The Balaban J connectivity index is 2.51. The van der Waals surface area contributed by atoms with E-state index in [0.717, 1.165) is 12.5 Å². The van der Waals surface area contributed by atoms with Crippen molar-refractivity contribution in [2.75, 3.05) is 11.9 Å². The number of imidazole rings is 1. The number of hydrogen-bond donors (Lipinski definition) is 1. The molecule has 1 N–H and O–H groups in total. The van der Waals surface area contributed by atoms with E-state index in [-0.39, 0.29) is 11.6 Å². The molecule has 0 saturated heterocycles. The van der Waals surface area contributed by atoms with Gasteiger partial charge >= 0.3 is 6.18 Å². The fraction of sp³-hybridized carbons (Fsp3) is 0.462. The highest BCUT2D eigenvalue weighted by atomic mass is 19.4. The molecule has 0 atom stereocenters. The Morgan fingerprint density at radius 3 is 2.62 bits per heavy atom. The molecule has 0 unspecified atom stereocenters. The van der Waals surface area contributed by atoms with Crippen molar-refractivity contribution < 1.29 is 13.2 Å². The molecule has 0 bridgehead atoms. The first-order chi connectivity index (χ1) is 9.95. The summed E-state index contributed by atoms with van der Waals surface area (Å²) in [6.07, 6.45) is -0.404. The minimum absolute atomic E-state index is 0.0478. The third-order valence-corrected chi connectivity index (χ3v) is 2.76. The number of hydrogen-bond acceptors (Lipinski definition) is 4. The summed E-state index contributed by atoms with van der Waals surface area (Å²) < 4.78 is 40.6. The lowest BCUT2D eigenvalue weighted by Gasteiger charge is -2.11. The largest absolute Gasteiger partial charge is 0.433 e. The van der Waals surface area contributed by atoms with Crippen LogP contribution in [0.2, 0.25) is 0 Å². The lowest BCUT2D eigenvalue weighted by molar-refractivity contribution is -0.141. The Bertz CT molecular complexity index is 606. The number of nitrogens with zero attached hydrogens (tertiary/aromatic N) is 4. The van der Waals surface area contributed by atoms with Crippen molar-refractivity contribution >= 4 is 5.95 Å². The lowest BCUT2D eigenvalue weighted by Crippen LogP contribution is -2.13. The van der Waals surface area contributed by atoms with E-state index in [4.69, 9.17) is 0 Å². The highest BCUT2D eigenvalue weighted by Crippen LogP contribution is 2.30. The zero-order valence-electron chi connectivity index (χ0n) is 11.8. The van der Waals surface area contributed by atoms with Gasteiger partial charge in [0, 0.05) is 25.5 Å². The van der Waals surface area contributed by atoms with Crippen LogP contribution in [0, 0.1) is 0 Å². The molecule has 0 fully saturated rings. The zero-order chi connectivity index (χ0) is 15.5. The highest BCUT2D eigenvalue weighted by molar-refractivity contribution is 5.53. The normalized spacial score (nSPS) is 11.7. The van der Waals surface area contributed by atoms with Gasteiger partial charge in [0.2, 0.25) is 5.95 Å². The average Bonchev–Trinajstić information content (AvgIpc) is 2.86.